The molecule has 2 amide bonds. The monoisotopic (exact) mass is 405 g/mol. The van der Waals surface area contributed by atoms with Crippen LogP contribution in [0.1, 0.15) is 30.5 Å². The van der Waals surface area contributed by atoms with Crippen molar-refractivity contribution in [3.05, 3.63) is 65.9 Å². The molecule has 0 aromatic heterocycles. The van der Waals surface area contributed by atoms with Crippen LogP contribution in [0, 0.1) is 0 Å². The molecule has 6 heteroatoms. The average molecular weight is 405 g/mol. The number of methoxy groups -OCH3 is 1. The van der Waals surface area contributed by atoms with Gasteiger partial charge in [-0.05, 0) is 29.3 Å². The molecule has 0 radical (unpaired) electrons. The van der Waals surface area contributed by atoms with Crippen LogP contribution in [0.2, 0.25) is 0 Å². The van der Waals surface area contributed by atoms with E-state index in [-0.39, 0.29) is 17.9 Å². The van der Waals surface area contributed by atoms with E-state index in [1.165, 1.54) is 0 Å². The van der Waals surface area contributed by atoms with Crippen LogP contribution in [0.15, 0.2) is 54.7 Å². The van der Waals surface area contributed by atoms with Gasteiger partial charge in [0.2, 0.25) is 11.8 Å². The molecule has 0 N–H and O–H groups in total. The lowest BCUT2D eigenvalue weighted by Gasteiger charge is -2.38. The highest BCUT2D eigenvalue weighted by Crippen LogP contribution is 2.33. The van der Waals surface area contributed by atoms with E-state index in [9.17, 15) is 9.59 Å². The van der Waals surface area contributed by atoms with E-state index in [2.05, 4.69) is 11.0 Å². The maximum atomic E-state index is 13.1. The summed E-state index contributed by atoms with van der Waals surface area (Å²) in [6.07, 6.45) is 4.02. The second kappa shape index (κ2) is 8.61. The first-order chi connectivity index (χ1) is 14.6. The van der Waals surface area contributed by atoms with E-state index < -0.39 is 0 Å². The van der Waals surface area contributed by atoms with E-state index in [1.54, 1.807) is 25.1 Å². The average Bonchev–Trinajstić information content (AvgIpc) is 2.79. The summed E-state index contributed by atoms with van der Waals surface area (Å²) in [6, 6.07) is 15.7. The van der Waals surface area contributed by atoms with Gasteiger partial charge in [0, 0.05) is 51.1 Å². The van der Waals surface area contributed by atoms with Gasteiger partial charge in [0.1, 0.15) is 5.75 Å². The van der Waals surface area contributed by atoms with Gasteiger partial charge in [-0.1, -0.05) is 30.3 Å². The first-order valence-electron chi connectivity index (χ1n) is 10.3. The molecular weight excluding hydrogens is 378 g/mol. The van der Waals surface area contributed by atoms with Gasteiger partial charge in [0.15, 0.2) is 0 Å². The molecule has 1 fully saturated rings. The van der Waals surface area contributed by atoms with Gasteiger partial charge in [-0.15, -0.1) is 0 Å². The lowest BCUT2D eigenvalue weighted by Crippen LogP contribution is -2.49. The molecule has 6 nitrogen and oxygen atoms in total. The lowest BCUT2D eigenvalue weighted by atomic mass is 9.93. The second-order valence-electron chi connectivity index (χ2n) is 7.66. The smallest absolute Gasteiger partial charge is 0.225 e. The van der Waals surface area contributed by atoms with Crippen molar-refractivity contribution in [2.75, 3.05) is 38.2 Å². The number of rotatable bonds is 4. The van der Waals surface area contributed by atoms with E-state index in [0.29, 0.717) is 19.5 Å². The Hall–Kier alpha value is -3.28. The van der Waals surface area contributed by atoms with Gasteiger partial charge >= 0.3 is 0 Å². The summed E-state index contributed by atoms with van der Waals surface area (Å²) in [4.78, 5) is 31.1. The summed E-state index contributed by atoms with van der Waals surface area (Å²) in [5, 5.41) is 0. The van der Waals surface area contributed by atoms with Crippen LogP contribution in [0.3, 0.4) is 0 Å². The summed E-state index contributed by atoms with van der Waals surface area (Å²) in [5.41, 5.74) is 3.20. The first kappa shape index (κ1) is 20.0. The van der Waals surface area contributed by atoms with E-state index in [0.717, 1.165) is 35.7 Å². The molecule has 2 aliphatic heterocycles. The first-order valence-corrected chi connectivity index (χ1v) is 10.3. The van der Waals surface area contributed by atoms with Gasteiger partial charge in [0.05, 0.1) is 19.6 Å². The summed E-state index contributed by atoms with van der Waals surface area (Å²) in [6.45, 7) is 4.43. The number of hydrogen-bond donors (Lipinski definition) is 0. The minimum atomic E-state index is -0.257. The molecule has 1 atom stereocenters. The Kier molecular flexibility index (Phi) is 5.74. The highest BCUT2D eigenvalue weighted by atomic mass is 16.5. The SMILES string of the molecule is COc1cccc(N2CCN(C(=O)C[C@@H]3c4ccccc4C=CN3C(C)=O)CC2)c1. The third kappa shape index (κ3) is 4.03. The van der Waals surface area contributed by atoms with Gasteiger partial charge in [-0.3, -0.25) is 9.59 Å². The Labute approximate surface area is 177 Å². The molecular formula is C24H27N3O3. The van der Waals surface area contributed by atoms with Gasteiger partial charge < -0.3 is 19.4 Å². The summed E-state index contributed by atoms with van der Waals surface area (Å²) < 4.78 is 5.32. The number of benzene rings is 2. The molecule has 2 heterocycles. The number of carbonyl (C=O) groups excluding carboxylic acids is 2. The highest BCUT2D eigenvalue weighted by Gasteiger charge is 2.31. The van der Waals surface area contributed by atoms with E-state index in [1.807, 2.05) is 53.4 Å². The zero-order valence-electron chi connectivity index (χ0n) is 17.5. The Morgan fingerprint density at radius 2 is 1.80 bits per heavy atom. The lowest BCUT2D eigenvalue weighted by molar-refractivity contribution is -0.134. The molecule has 2 aliphatic rings. The number of hydrogen-bond acceptors (Lipinski definition) is 4. The van der Waals surface area contributed by atoms with Crippen molar-refractivity contribution in [2.45, 2.75) is 19.4 Å². The van der Waals surface area contributed by atoms with Crippen molar-refractivity contribution >= 4 is 23.6 Å². The predicted octanol–water partition coefficient (Wildman–Crippen LogP) is 3.31. The molecule has 4 rings (SSSR count). The molecule has 0 unspecified atom stereocenters. The zero-order valence-corrected chi connectivity index (χ0v) is 17.5. The molecule has 1 saturated heterocycles. The summed E-state index contributed by atoms with van der Waals surface area (Å²) in [5.74, 6) is 0.863. The Bertz CT molecular complexity index is 964. The zero-order chi connectivity index (χ0) is 21.1. The number of carbonyl (C=O) groups is 2. The van der Waals surface area contributed by atoms with Crippen LogP contribution in [0.5, 0.6) is 5.75 Å². The number of ether oxygens (including phenoxy) is 1. The highest BCUT2D eigenvalue weighted by molar-refractivity contribution is 5.82. The fraction of sp³-hybridized carbons (Fsp3) is 0.333. The van der Waals surface area contributed by atoms with E-state index in [4.69, 9.17) is 4.74 Å². The fourth-order valence-corrected chi connectivity index (χ4v) is 4.23. The molecule has 2 aromatic carbocycles. The van der Waals surface area contributed by atoms with Crippen LogP contribution in [-0.4, -0.2) is 54.9 Å². The number of amides is 2. The largest absolute Gasteiger partial charge is 0.497 e. The van der Waals surface area contributed by atoms with Crippen molar-refractivity contribution in [3.63, 3.8) is 0 Å². The molecule has 0 saturated carbocycles. The molecule has 30 heavy (non-hydrogen) atoms. The standard InChI is InChI=1S/C24H27N3O3/c1-18(28)27-11-10-19-6-3-4-9-22(19)23(27)17-24(29)26-14-12-25(13-15-26)20-7-5-8-21(16-20)30-2/h3-11,16,23H,12-15,17H2,1-2H3/t23-/m1/s1. The number of nitrogens with zero attached hydrogens (tertiary/aromatic N) is 3. The second-order valence-corrected chi connectivity index (χ2v) is 7.66. The maximum Gasteiger partial charge on any atom is 0.225 e. The van der Waals surface area contributed by atoms with E-state index >= 15 is 0 Å². The quantitative estimate of drug-likeness (QED) is 0.783. The molecule has 156 valence electrons. The van der Waals surface area contributed by atoms with Gasteiger partial charge in [-0.25, -0.2) is 0 Å². The van der Waals surface area contributed by atoms with Crippen molar-refractivity contribution in [1.82, 2.24) is 9.80 Å². The van der Waals surface area contributed by atoms with Crippen LogP contribution in [0.25, 0.3) is 6.08 Å². The minimum Gasteiger partial charge on any atom is -0.497 e. The van der Waals surface area contributed by atoms with Crippen LogP contribution >= 0.6 is 0 Å². The van der Waals surface area contributed by atoms with Crippen LogP contribution < -0.4 is 9.64 Å². The third-order valence-corrected chi connectivity index (χ3v) is 5.89. The Morgan fingerprint density at radius 1 is 1.03 bits per heavy atom. The number of anilines is 1. The predicted molar refractivity (Wildman–Crippen MR) is 117 cm³/mol. The van der Waals surface area contributed by atoms with Crippen molar-refractivity contribution < 1.29 is 14.3 Å². The van der Waals surface area contributed by atoms with Crippen LogP contribution in [0.4, 0.5) is 5.69 Å². The van der Waals surface area contributed by atoms with Crippen LogP contribution in [-0.2, 0) is 9.59 Å². The minimum absolute atomic E-state index is 0.0543. The van der Waals surface area contributed by atoms with Gasteiger partial charge in [-0.2, -0.15) is 0 Å². The molecule has 0 aliphatic carbocycles. The number of fused-ring (bicyclic) bond motifs is 1. The van der Waals surface area contributed by atoms with Crippen molar-refractivity contribution in [2.24, 2.45) is 0 Å². The molecule has 0 spiro atoms. The third-order valence-electron chi connectivity index (χ3n) is 5.89. The molecule has 2 aromatic rings. The molecule has 0 bridgehead atoms. The Balaban J connectivity index is 1.43. The topological polar surface area (TPSA) is 53.1 Å². The van der Waals surface area contributed by atoms with Gasteiger partial charge in [0.25, 0.3) is 0 Å². The Morgan fingerprint density at radius 3 is 2.53 bits per heavy atom. The summed E-state index contributed by atoms with van der Waals surface area (Å²) in [7, 11) is 1.67. The normalized spacial score (nSPS) is 18.2. The van der Waals surface area contributed by atoms with Crippen molar-refractivity contribution in [1.29, 1.82) is 0 Å². The number of piperazine rings is 1. The maximum absolute atomic E-state index is 13.1. The van der Waals surface area contributed by atoms with Crippen molar-refractivity contribution in [3.8, 4) is 5.75 Å². The summed E-state index contributed by atoms with van der Waals surface area (Å²) >= 11 is 0. The fourth-order valence-electron chi connectivity index (χ4n) is 4.23.